The molecule has 1 N–H and O–H groups in total. The molecule has 1 fully saturated rings. The topological polar surface area (TPSA) is 24.4 Å². The van der Waals surface area contributed by atoms with Crippen molar-refractivity contribution in [2.75, 3.05) is 5.75 Å². The largest absolute Gasteiger partial charge is 0.362 e. The zero-order chi connectivity index (χ0) is 12.5. The molecule has 0 amide bonds. The third kappa shape index (κ3) is 3.40. The average molecular weight is 254 g/mol. The molecule has 1 saturated carbocycles. The van der Waals surface area contributed by atoms with Gasteiger partial charge in [-0.3, -0.25) is 4.99 Å². The molecule has 98 valence electrons. The molecule has 0 aromatic carbocycles. The lowest BCUT2D eigenvalue weighted by Crippen LogP contribution is -2.42. The number of rotatable bonds is 2. The number of nitrogens with zero attached hydrogens (tertiary/aromatic N) is 1. The van der Waals surface area contributed by atoms with E-state index in [2.05, 4.69) is 33.0 Å². The molecule has 2 atom stereocenters. The van der Waals surface area contributed by atoms with Crippen molar-refractivity contribution in [3.05, 3.63) is 0 Å². The molecule has 0 aromatic heterocycles. The lowest BCUT2D eigenvalue weighted by Gasteiger charge is -2.35. The first-order valence-corrected chi connectivity index (χ1v) is 7.92. The first-order valence-electron chi connectivity index (χ1n) is 6.94. The van der Waals surface area contributed by atoms with E-state index < -0.39 is 0 Å². The van der Waals surface area contributed by atoms with Crippen molar-refractivity contribution in [3.8, 4) is 0 Å². The van der Waals surface area contributed by atoms with E-state index in [1.807, 2.05) is 11.8 Å². The first kappa shape index (κ1) is 13.3. The van der Waals surface area contributed by atoms with E-state index in [1.165, 1.54) is 36.6 Å². The third-order valence-corrected chi connectivity index (χ3v) is 5.05. The molecule has 0 aromatic rings. The molecule has 1 heterocycles. The van der Waals surface area contributed by atoms with Crippen molar-refractivity contribution in [1.82, 2.24) is 5.32 Å². The maximum Gasteiger partial charge on any atom is 0.157 e. The fraction of sp³-hybridized carbons (Fsp3) is 0.929. The van der Waals surface area contributed by atoms with Gasteiger partial charge in [0.2, 0.25) is 0 Å². The lowest BCUT2D eigenvalue weighted by atomic mass is 9.80. The Kier molecular flexibility index (Phi) is 4.06. The molecule has 0 radical (unpaired) electrons. The van der Waals surface area contributed by atoms with Crippen LogP contribution in [-0.2, 0) is 0 Å². The van der Waals surface area contributed by atoms with Crippen LogP contribution in [0.25, 0.3) is 0 Å². The van der Waals surface area contributed by atoms with Crippen molar-refractivity contribution in [3.63, 3.8) is 0 Å². The zero-order valence-corrected chi connectivity index (χ0v) is 12.4. The van der Waals surface area contributed by atoms with Crippen molar-refractivity contribution in [1.29, 1.82) is 0 Å². The van der Waals surface area contributed by atoms with Gasteiger partial charge in [-0.1, -0.05) is 39.0 Å². The maximum absolute atomic E-state index is 4.90. The van der Waals surface area contributed by atoms with Crippen molar-refractivity contribution in [2.24, 2.45) is 16.3 Å². The van der Waals surface area contributed by atoms with Crippen LogP contribution in [0, 0.1) is 11.3 Å². The SMILES string of the molecule is CC(NC1=NC(C(C)(C)C)CCS1)C1CCC1. The highest BCUT2D eigenvalue weighted by Gasteiger charge is 2.29. The Labute approximate surface area is 110 Å². The molecular formula is C14H26N2S. The standard InChI is InChI=1S/C14H26N2S/c1-10(11-6-5-7-11)15-13-16-12(8-9-17-13)14(2,3)4/h10-12H,5-9H2,1-4H3,(H,15,16). The minimum atomic E-state index is 0.299. The predicted molar refractivity (Wildman–Crippen MR) is 77.7 cm³/mol. The summed E-state index contributed by atoms with van der Waals surface area (Å²) in [6, 6.07) is 1.09. The molecule has 0 spiro atoms. The number of nitrogens with one attached hydrogen (secondary N) is 1. The molecule has 0 bridgehead atoms. The Bertz CT molecular complexity index is 289. The van der Waals surface area contributed by atoms with Gasteiger partial charge in [-0.15, -0.1) is 0 Å². The maximum atomic E-state index is 4.90. The molecular weight excluding hydrogens is 228 g/mol. The summed E-state index contributed by atoms with van der Waals surface area (Å²) in [5.41, 5.74) is 0.299. The van der Waals surface area contributed by atoms with E-state index in [9.17, 15) is 0 Å². The van der Waals surface area contributed by atoms with Crippen LogP contribution in [0.15, 0.2) is 4.99 Å². The fourth-order valence-electron chi connectivity index (χ4n) is 2.47. The molecule has 2 rings (SSSR count). The lowest BCUT2D eigenvalue weighted by molar-refractivity contribution is 0.258. The van der Waals surface area contributed by atoms with Gasteiger partial charge < -0.3 is 5.32 Å². The van der Waals surface area contributed by atoms with Gasteiger partial charge in [-0.05, 0) is 37.5 Å². The summed E-state index contributed by atoms with van der Waals surface area (Å²) >= 11 is 1.90. The number of hydrogen-bond donors (Lipinski definition) is 1. The van der Waals surface area contributed by atoms with Crippen LogP contribution >= 0.6 is 11.8 Å². The summed E-state index contributed by atoms with van der Waals surface area (Å²) in [7, 11) is 0. The van der Waals surface area contributed by atoms with Gasteiger partial charge >= 0.3 is 0 Å². The molecule has 17 heavy (non-hydrogen) atoms. The number of amidine groups is 1. The van der Waals surface area contributed by atoms with Crippen LogP contribution < -0.4 is 5.32 Å². The van der Waals surface area contributed by atoms with Crippen LogP contribution in [0.3, 0.4) is 0 Å². The Morgan fingerprint density at radius 2 is 2.00 bits per heavy atom. The van der Waals surface area contributed by atoms with E-state index in [0.717, 1.165) is 5.92 Å². The van der Waals surface area contributed by atoms with Gasteiger partial charge in [0.25, 0.3) is 0 Å². The Morgan fingerprint density at radius 1 is 1.29 bits per heavy atom. The number of thioether (sulfide) groups is 1. The second-order valence-electron chi connectivity index (χ2n) is 6.58. The summed E-state index contributed by atoms with van der Waals surface area (Å²) in [6.07, 6.45) is 5.43. The highest BCUT2D eigenvalue weighted by atomic mass is 32.2. The Balaban J connectivity index is 1.93. The van der Waals surface area contributed by atoms with E-state index in [0.29, 0.717) is 17.5 Å². The van der Waals surface area contributed by atoms with Gasteiger partial charge in [-0.25, -0.2) is 0 Å². The second kappa shape index (κ2) is 5.21. The second-order valence-corrected chi connectivity index (χ2v) is 7.66. The molecule has 0 saturated heterocycles. The van der Waals surface area contributed by atoms with Crippen LogP contribution in [0.2, 0.25) is 0 Å². The minimum absolute atomic E-state index is 0.299. The van der Waals surface area contributed by atoms with Crippen LogP contribution in [0.1, 0.15) is 53.4 Å². The van der Waals surface area contributed by atoms with Gasteiger partial charge in [0.1, 0.15) is 0 Å². The number of hydrogen-bond acceptors (Lipinski definition) is 3. The number of aliphatic imine (C=N–C) groups is 1. The summed E-state index contributed by atoms with van der Waals surface area (Å²) in [5, 5.41) is 4.83. The molecule has 1 aliphatic heterocycles. The molecule has 3 heteroatoms. The van der Waals surface area contributed by atoms with Crippen molar-refractivity contribution < 1.29 is 0 Å². The zero-order valence-electron chi connectivity index (χ0n) is 11.6. The van der Waals surface area contributed by atoms with Crippen molar-refractivity contribution in [2.45, 2.75) is 65.5 Å². The van der Waals surface area contributed by atoms with Gasteiger partial charge in [0.05, 0.1) is 6.04 Å². The van der Waals surface area contributed by atoms with Crippen LogP contribution in [-0.4, -0.2) is 23.0 Å². The fourth-order valence-corrected chi connectivity index (χ4v) is 3.47. The van der Waals surface area contributed by atoms with Crippen molar-refractivity contribution >= 4 is 16.9 Å². The molecule has 1 aliphatic carbocycles. The third-order valence-electron chi connectivity index (χ3n) is 4.11. The van der Waals surface area contributed by atoms with E-state index in [4.69, 9.17) is 4.99 Å². The summed E-state index contributed by atoms with van der Waals surface area (Å²) in [5.74, 6) is 2.10. The monoisotopic (exact) mass is 254 g/mol. The van der Waals surface area contributed by atoms with E-state index in [-0.39, 0.29) is 0 Å². The van der Waals surface area contributed by atoms with Gasteiger partial charge in [-0.2, -0.15) is 0 Å². The summed E-state index contributed by atoms with van der Waals surface area (Å²) < 4.78 is 0. The molecule has 2 nitrogen and oxygen atoms in total. The van der Waals surface area contributed by atoms with E-state index in [1.54, 1.807) is 0 Å². The highest BCUT2D eigenvalue weighted by Crippen LogP contribution is 2.32. The quantitative estimate of drug-likeness (QED) is 0.813. The summed E-state index contributed by atoms with van der Waals surface area (Å²) in [6.45, 7) is 9.20. The molecule has 2 aliphatic rings. The Morgan fingerprint density at radius 3 is 2.53 bits per heavy atom. The molecule has 2 unspecified atom stereocenters. The Hall–Kier alpha value is -0.180. The van der Waals surface area contributed by atoms with Gasteiger partial charge in [0, 0.05) is 11.8 Å². The smallest absolute Gasteiger partial charge is 0.157 e. The van der Waals surface area contributed by atoms with Crippen LogP contribution in [0.4, 0.5) is 0 Å². The average Bonchev–Trinajstić information content (AvgIpc) is 2.13. The minimum Gasteiger partial charge on any atom is -0.362 e. The predicted octanol–water partition coefficient (Wildman–Crippen LogP) is 3.67. The van der Waals surface area contributed by atoms with Gasteiger partial charge in [0.15, 0.2) is 5.17 Å². The first-order chi connectivity index (χ1) is 7.97. The highest BCUT2D eigenvalue weighted by molar-refractivity contribution is 8.13. The normalized spacial score (nSPS) is 28.2. The van der Waals surface area contributed by atoms with Crippen LogP contribution in [0.5, 0.6) is 0 Å². The summed E-state index contributed by atoms with van der Waals surface area (Å²) in [4.78, 5) is 4.90. The van der Waals surface area contributed by atoms with E-state index >= 15 is 0 Å².